The zero-order chi connectivity index (χ0) is 22.7. The van der Waals surface area contributed by atoms with Crippen LogP contribution < -0.4 is 9.64 Å². The highest BCUT2D eigenvalue weighted by molar-refractivity contribution is 6.51. The van der Waals surface area contributed by atoms with E-state index in [0.29, 0.717) is 34.7 Å². The Morgan fingerprint density at radius 1 is 1.06 bits per heavy atom. The van der Waals surface area contributed by atoms with E-state index >= 15 is 0 Å². The second-order valence-corrected chi connectivity index (χ2v) is 7.07. The van der Waals surface area contributed by atoms with Crippen molar-refractivity contribution < 1.29 is 19.4 Å². The van der Waals surface area contributed by atoms with Crippen LogP contribution in [-0.2, 0) is 9.59 Å². The summed E-state index contributed by atoms with van der Waals surface area (Å²) in [6.07, 6.45) is 3.12. The number of nitrogens with zero attached hydrogens (tertiary/aromatic N) is 3. The number of carbonyl (C=O) groups excluding carboxylic acids is 2. The lowest BCUT2D eigenvalue weighted by Crippen LogP contribution is -2.29. The number of Topliss-reactive ketones (excluding diaryl/α,β-unsaturated/α-hetero) is 1. The molecule has 1 unspecified atom stereocenters. The van der Waals surface area contributed by atoms with E-state index in [1.165, 1.54) is 4.90 Å². The molecule has 2 aromatic carbocycles. The Morgan fingerprint density at radius 2 is 1.72 bits per heavy atom. The number of aliphatic hydroxyl groups excluding tert-OH is 1. The standard InChI is InChI=1S/C25H19N3O4/c1-2-32-20-9-5-18(6-10-20)23(29)21-22(17-11-13-27-14-12-17)28(25(31)24(21)30)19-7-3-16(15-26)4-8-19/h3-14,22,29H,2H2,1H3/b23-21-. The first-order valence-corrected chi connectivity index (χ1v) is 9.99. The van der Waals surface area contributed by atoms with E-state index in [1.807, 2.05) is 13.0 Å². The van der Waals surface area contributed by atoms with Crippen LogP contribution in [0.4, 0.5) is 5.69 Å². The maximum Gasteiger partial charge on any atom is 0.300 e. The second-order valence-electron chi connectivity index (χ2n) is 7.07. The Labute approximate surface area is 184 Å². The maximum atomic E-state index is 13.1. The fourth-order valence-corrected chi connectivity index (χ4v) is 3.69. The number of aromatic nitrogens is 1. The normalized spacial score (nSPS) is 17.2. The average molecular weight is 425 g/mol. The van der Waals surface area contributed by atoms with Crippen molar-refractivity contribution in [2.45, 2.75) is 13.0 Å². The van der Waals surface area contributed by atoms with Gasteiger partial charge < -0.3 is 9.84 Å². The van der Waals surface area contributed by atoms with Gasteiger partial charge in [-0.2, -0.15) is 5.26 Å². The third kappa shape index (κ3) is 3.70. The number of ether oxygens (including phenoxy) is 1. The molecule has 1 aliphatic heterocycles. The molecule has 0 saturated carbocycles. The molecule has 7 nitrogen and oxygen atoms in total. The highest BCUT2D eigenvalue weighted by Crippen LogP contribution is 2.42. The van der Waals surface area contributed by atoms with E-state index in [9.17, 15) is 14.7 Å². The fourth-order valence-electron chi connectivity index (χ4n) is 3.69. The Morgan fingerprint density at radius 3 is 2.31 bits per heavy atom. The smallest absolute Gasteiger partial charge is 0.300 e. The molecule has 4 rings (SSSR count). The molecule has 1 aliphatic rings. The summed E-state index contributed by atoms with van der Waals surface area (Å²) in [5.74, 6) is -1.19. The Hall–Kier alpha value is -4.44. The van der Waals surface area contributed by atoms with Crippen LogP contribution >= 0.6 is 0 Å². The predicted molar refractivity (Wildman–Crippen MR) is 118 cm³/mol. The van der Waals surface area contributed by atoms with Crippen LogP contribution in [-0.4, -0.2) is 28.4 Å². The van der Waals surface area contributed by atoms with E-state index in [1.54, 1.807) is 73.1 Å². The van der Waals surface area contributed by atoms with E-state index < -0.39 is 17.7 Å². The fraction of sp³-hybridized carbons (Fsp3) is 0.120. The number of hydrogen-bond donors (Lipinski definition) is 1. The Balaban J connectivity index is 1.86. The van der Waals surface area contributed by atoms with Crippen molar-refractivity contribution in [1.82, 2.24) is 4.98 Å². The molecule has 1 atom stereocenters. The predicted octanol–water partition coefficient (Wildman–Crippen LogP) is 3.98. The lowest BCUT2D eigenvalue weighted by Gasteiger charge is -2.25. The van der Waals surface area contributed by atoms with Gasteiger partial charge in [0.15, 0.2) is 0 Å². The van der Waals surface area contributed by atoms with Gasteiger partial charge in [-0.25, -0.2) is 0 Å². The molecule has 0 spiro atoms. The molecule has 1 aromatic heterocycles. The first-order chi connectivity index (χ1) is 15.5. The molecule has 32 heavy (non-hydrogen) atoms. The van der Waals surface area contributed by atoms with E-state index in [0.717, 1.165) is 0 Å². The number of hydrogen-bond acceptors (Lipinski definition) is 6. The van der Waals surface area contributed by atoms with Crippen LogP contribution in [0.25, 0.3) is 5.76 Å². The summed E-state index contributed by atoms with van der Waals surface area (Å²) in [7, 11) is 0. The zero-order valence-corrected chi connectivity index (χ0v) is 17.2. The minimum absolute atomic E-state index is 0.0188. The molecule has 1 N–H and O–H groups in total. The molecule has 0 bridgehead atoms. The van der Waals surface area contributed by atoms with Crippen LogP contribution in [0.1, 0.15) is 29.7 Å². The molecule has 3 aromatic rings. The number of amides is 1. The molecule has 0 aliphatic carbocycles. The molecule has 1 amide bonds. The van der Waals surface area contributed by atoms with Gasteiger partial charge in [0.1, 0.15) is 11.5 Å². The number of anilines is 1. The highest BCUT2D eigenvalue weighted by Gasteiger charge is 2.46. The van der Waals surface area contributed by atoms with E-state index in [4.69, 9.17) is 10.00 Å². The van der Waals surface area contributed by atoms with Crippen LogP contribution in [0.5, 0.6) is 5.75 Å². The summed E-state index contributed by atoms with van der Waals surface area (Å²) in [4.78, 5) is 31.5. The number of nitriles is 1. The number of carbonyl (C=O) groups is 2. The van der Waals surface area contributed by atoms with E-state index in [-0.39, 0.29) is 11.3 Å². The summed E-state index contributed by atoms with van der Waals surface area (Å²) >= 11 is 0. The monoisotopic (exact) mass is 425 g/mol. The van der Waals surface area contributed by atoms with Crippen molar-refractivity contribution in [2.24, 2.45) is 0 Å². The largest absolute Gasteiger partial charge is 0.507 e. The van der Waals surface area contributed by atoms with Crippen LogP contribution in [0.15, 0.2) is 78.6 Å². The second kappa shape index (κ2) is 8.74. The first kappa shape index (κ1) is 20.8. The number of ketones is 1. The molecular formula is C25H19N3O4. The summed E-state index contributed by atoms with van der Waals surface area (Å²) in [6.45, 7) is 2.37. The molecule has 2 heterocycles. The number of pyridine rings is 1. The summed E-state index contributed by atoms with van der Waals surface area (Å²) in [6, 6.07) is 17.6. The molecular weight excluding hydrogens is 406 g/mol. The lowest BCUT2D eigenvalue weighted by molar-refractivity contribution is -0.132. The van der Waals surface area contributed by atoms with Gasteiger partial charge in [0, 0.05) is 23.6 Å². The van der Waals surface area contributed by atoms with Gasteiger partial charge in [-0.15, -0.1) is 0 Å². The van der Waals surface area contributed by atoms with Crippen molar-refractivity contribution in [2.75, 3.05) is 11.5 Å². The van der Waals surface area contributed by atoms with Crippen molar-refractivity contribution >= 4 is 23.1 Å². The third-order valence-corrected chi connectivity index (χ3v) is 5.18. The third-order valence-electron chi connectivity index (χ3n) is 5.18. The molecule has 7 heteroatoms. The molecule has 1 saturated heterocycles. The lowest BCUT2D eigenvalue weighted by atomic mass is 9.95. The van der Waals surface area contributed by atoms with Crippen molar-refractivity contribution in [1.29, 1.82) is 5.26 Å². The quantitative estimate of drug-likeness (QED) is 0.377. The van der Waals surface area contributed by atoms with Crippen molar-refractivity contribution in [3.05, 3.63) is 95.3 Å². The van der Waals surface area contributed by atoms with Gasteiger partial charge in [-0.05, 0) is 73.2 Å². The summed E-state index contributed by atoms with van der Waals surface area (Å²) in [5.41, 5.74) is 1.87. The van der Waals surface area contributed by atoms with Crippen LogP contribution in [0.2, 0.25) is 0 Å². The first-order valence-electron chi connectivity index (χ1n) is 9.99. The minimum Gasteiger partial charge on any atom is -0.507 e. The van der Waals surface area contributed by atoms with Crippen LogP contribution in [0.3, 0.4) is 0 Å². The van der Waals surface area contributed by atoms with Gasteiger partial charge in [0.05, 0.1) is 29.9 Å². The van der Waals surface area contributed by atoms with Gasteiger partial charge in [0.25, 0.3) is 11.7 Å². The summed E-state index contributed by atoms with van der Waals surface area (Å²) in [5, 5.41) is 20.2. The number of benzene rings is 2. The zero-order valence-electron chi connectivity index (χ0n) is 17.2. The van der Waals surface area contributed by atoms with Gasteiger partial charge in [0.2, 0.25) is 0 Å². The van der Waals surface area contributed by atoms with Gasteiger partial charge in [-0.1, -0.05) is 0 Å². The minimum atomic E-state index is -0.850. The van der Waals surface area contributed by atoms with Crippen LogP contribution in [0, 0.1) is 11.3 Å². The summed E-state index contributed by atoms with van der Waals surface area (Å²) < 4.78 is 5.43. The van der Waals surface area contributed by atoms with Crippen molar-refractivity contribution in [3.8, 4) is 11.8 Å². The van der Waals surface area contributed by atoms with Crippen molar-refractivity contribution in [3.63, 3.8) is 0 Å². The Kier molecular flexibility index (Phi) is 5.69. The Bertz CT molecular complexity index is 1230. The SMILES string of the molecule is CCOc1ccc(/C(O)=C2/C(=O)C(=O)N(c3ccc(C#N)cc3)C2c2ccncc2)cc1. The number of rotatable bonds is 5. The van der Waals surface area contributed by atoms with Gasteiger partial charge in [-0.3, -0.25) is 19.5 Å². The molecule has 0 radical (unpaired) electrons. The molecule has 158 valence electrons. The topological polar surface area (TPSA) is 104 Å². The molecule has 1 fully saturated rings. The van der Waals surface area contributed by atoms with E-state index in [2.05, 4.69) is 4.98 Å². The maximum absolute atomic E-state index is 13.1. The average Bonchev–Trinajstić information content (AvgIpc) is 3.10. The van der Waals surface area contributed by atoms with Gasteiger partial charge >= 0.3 is 0 Å². The highest BCUT2D eigenvalue weighted by atomic mass is 16.5. The number of aliphatic hydroxyl groups is 1.